The number of likely N-dealkylation sites (tertiary alicyclic amines) is 1. The Bertz CT molecular complexity index is 981. The van der Waals surface area contributed by atoms with Crippen molar-refractivity contribution < 1.29 is 0 Å². The van der Waals surface area contributed by atoms with Gasteiger partial charge in [-0.3, -0.25) is 4.90 Å². The largest absolute Gasteiger partial charge is 0.346 e. The fraction of sp³-hybridized carbons (Fsp3) is 0.571. The maximum absolute atomic E-state index is 8.84. The Kier molecular flexibility index (Phi) is 4.75. The van der Waals surface area contributed by atoms with Crippen molar-refractivity contribution in [3.05, 3.63) is 24.8 Å². The van der Waals surface area contributed by atoms with Gasteiger partial charge in [0.2, 0.25) is 0 Å². The lowest BCUT2D eigenvalue weighted by Crippen LogP contribution is -2.47. The normalized spacial score (nSPS) is 24.7. The van der Waals surface area contributed by atoms with Crippen molar-refractivity contribution in [1.82, 2.24) is 29.7 Å². The molecular formula is C21H27N7. The predicted molar refractivity (Wildman–Crippen MR) is 109 cm³/mol. The minimum atomic E-state index is 0.515. The van der Waals surface area contributed by atoms with Gasteiger partial charge >= 0.3 is 0 Å². The van der Waals surface area contributed by atoms with E-state index in [2.05, 4.69) is 41.9 Å². The van der Waals surface area contributed by atoms with Gasteiger partial charge in [-0.25, -0.2) is 9.97 Å². The minimum absolute atomic E-state index is 0.515. The third-order valence-corrected chi connectivity index (χ3v) is 6.56. The fourth-order valence-corrected chi connectivity index (χ4v) is 5.02. The summed E-state index contributed by atoms with van der Waals surface area (Å²) in [6.07, 6.45) is 12.9. The molecule has 7 nitrogen and oxygen atoms in total. The van der Waals surface area contributed by atoms with Crippen molar-refractivity contribution in [2.75, 3.05) is 19.6 Å². The number of H-pyrrole nitrogens is 1. The van der Waals surface area contributed by atoms with Gasteiger partial charge in [-0.1, -0.05) is 0 Å². The van der Waals surface area contributed by atoms with Crippen molar-refractivity contribution in [2.45, 2.75) is 56.7 Å². The molecule has 0 aromatic carbocycles. The first kappa shape index (κ1) is 17.7. The summed E-state index contributed by atoms with van der Waals surface area (Å²) in [7, 11) is 0. The van der Waals surface area contributed by atoms with Crippen LogP contribution in [0, 0.1) is 11.3 Å². The predicted octanol–water partition coefficient (Wildman–Crippen LogP) is 2.97. The SMILES string of the molecule is N#CCN1CCC(NC2CCC(n3cnc4cnc5[nH]ccc5c43)CC2)CC1. The highest BCUT2D eigenvalue weighted by molar-refractivity contribution is 6.00. The first-order chi connectivity index (χ1) is 13.8. The average Bonchev–Trinajstić information content (AvgIpc) is 3.36. The van der Waals surface area contributed by atoms with Crippen molar-refractivity contribution in [3.63, 3.8) is 0 Å². The van der Waals surface area contributed by atoms with Crippen LogP contribution in [0.25, 0.3) is 22.1 Å². The van der Waals surface area contributed by atoms with Gasteiger partial charge in [0, 0.05) is 42.8 Å². The average molecular weight is 377 g/mol. The minimum Gasteiger partial charge on any atom is -0.346 e. The highest BCUT2D eigenvalue weighted by Crippen LogP contribution is 2.33. The molecule has 0 spiro atoms. The monoisotopic (exact) mass is 377 g/mol. The molecule has 4 heterocycles. The van der Waals surface area contributed by atoms with Crippen LogP contribution in [-0.4, -0.2) is 56.1 Å². The molecule has 1 saturated heterocycles. The third-order valence-electron chi connectivity index (χ3n) is 6.56. The molecule has 0 amide bonds. The number of nitrogens with zero attached hydrogens (tertiary/aromatic N) is 5. The molecule has 2 fully saturated rings. The fourth-order valence-electron chi connectivity index (χ4n) is 5.02. The van der Waals surface area contributed by atoms with E-state index in [-0.39, 0.29) is 0 Å². The molecule has 146 valence electrons. The highest BCUT2D eigenvalue weighted by Gasteiger charge is 2.27. The molecule has 0 atom stereocenters. The van der Waals surface area contributed by atoms with Crippen LogP contribution in [0.1, 0.15) is 44.6 Å². The number of aromatic amines is 1. The molecule has 0 bridgehead atoms. The molecule has 1 aliphatic carbocycles. The number of hydrogen-bond acceptors (Lipinski definition) is 5. The molecule has 1 saturated carbocycles. The van der Waals surface area contributed by atoms with E-state index in [9.17, 15) is 0 Å². The molecule has 5 rings (SSSR count). The number of nitriles is 1. The van der Waals surface area contributed by atoms with Gasteiger partial charge in [0.1, 0.15) is 11.2 Å². The van der Waals surface area contributed by atoms with Gasteiger partial charge in [-0.05, 0) is 44.6 Å². The molecule has 7 heteroatoms. The van der Waals surface area contributed by atoms with Crippen LogP contribution in [0.4, 0.5) is 0 Å². The van der Waals surface area contributed by atoms with Crippen LogP contribution in [0.5, 0.6) is 0 Å². The number of hydrogen-bond donors (Lipinski definition) is 2. The van der Waals surface area contributed by atoms with E-state index in [1.165, 1.54) is 36.6 Å². The third kappa shape index (κ3) is 3.27. The van der Waals surface area contributed by atoms with Crippen LogP contribution in [-0.2, 0) is 0 Å². The molecule has 0 radical (unpaired) electrons. The number of rotatable bonds is 4. The van der Waals surface area contributed by atoms with E-state index in [4.69, 9.17) is 5.26 Å². The van der Waals surface area contributed by atoms with Crippen LogP contribution in [0.15, 0.2) is 24.8 Å². The molecule has 3 aromatic rings. The Morgan fingerprint density at radius 1 is 1.11 bits per heavy atom. The smallest absolute Gasteiger partial charge is 0.139 e. The molecule has 28 heavy (non-hydrogen) atoms. The molecule has 2 aliphatic rings. The van der Waals surface area contributed by atoms with Crippen molar-refractivity contribution >= 4 is 22.1 Å². The zero-order chi connectivity index (χ0) is 18.9. The van der Waals surface area contributed by atoms with Gasteiger partial charge in [-0.15, -0.1) is 0 Å². The van der Waals surface area contributed by atoms with Crippen molar-refractivity contribution in [2.24, 2.45) is 0 Å². The van der Waals surface area contributed by atoms with Gasteiger partial charge in [0.15, 0.2) is 0 Å². The van der Waals surface area contributed by atoms with Crippen LogP contribution in [0.2, 0.25) is 0 Å². The topological polar surface area (TPSA) is 85.6 Å². The number of aromatic nitrogens is 4. The first-order valence-electron chi connectivity index (χ1n) is 10.5. The number of fused-ring (bicyclic) bond motifs is 3. The standard InChI is InChI=1S/C21H27N7/c22-8-12-27-10-6-16(7-11-27)26-15-1-3-17(4-2-15)28-14-25-19-13-24-21-18(20(19)28)5-9-23-21/h5,9,13-17,26H,1-4,6-7,10-12H2,(H,23,24). The summed E-state index contributed by atoms with van der Waals surface area (Å²) in [6, 6.07) is 6.11. The second-order valence-electron chi connectivity index (χ2n) is 8.26. The Morgan fingerprint density at radius 2 is 1.89 bits per heavy atom. The number of nitrogens with one attached hydrogen (secondary N) is 2. The van der Waals surface area contributed by atoms with Gasteiger partial charge in [0.05, 0.1) is 30.7 Å². The van der Waals surface area contributed by atoms with Crippen molar-refractivity contribution in [1.29, 1.82) is 5.26 Å². The quantitative estimate of drug-likeness (QED) is 0.683. The maximum atomic E-state index is 8.84. The Morgan fingerprint density at radius 3 is 2.68 bits per heavy atom. The van der Waals surface area contributed by atoms with Crippen LogP contribution < -0.4 is 5.32 Å². The second-order valence-corrected chi connectivity index (χ2v) is 8.26. The molecule has 1 aliphatic heterocycles. The summed E-state index contributed by atoms with van der Waals surface area (Å²) in [4.78, 5) is 14.5. The summed E-state index contributed by atoms with van der Waals surface area (Å²) in [6.45, 7) is 2.66. The zero-order valence-corrected chi connectivity index (χ0v) is 16.1. The summed E-state index contributed by atoms with van der Waals surface area (Å²) < 4.78 is 2.38. The van der Waals surface area contributed by atoms with Gasteiger partial charge in [0.25, 0.3) is 0 Å². The van der Waals surface area contributed by atoms with Gasteiger partial charge in [-0.2, -0.15) is 5.26 Å². The summed E-state index contributed by atoms with van der Waals surface area (Å²) in [5.41, 5.74) is 3.14. The second kappa shape index (κ2) is 7.53. The highest BCUT2D eigenvalue weighted by atomic mass is 15.1. The van der Waals surface area contributed by atoms with Crippen LogP contribution >= 0.6 is 0 Å². The Hall–Kier alpha value is -2.43. The van der Waals surface area contributed by atoms with E-state index in [0.717, 1.165) is 37.1 Å². The lowest BCUT2D eigenvalue weighted by Gasteiger charge is -2.36. The first-order valence-corrected chi connectivity index (χ1v) is 10.5. The van der Waals surface area contributed by atoms with E-state index >= 15 is 0 Å². The molecular weight excluding hydrogens is 350 g/mol. The molecule has 3 aromatic heterocycles. The van der Waals surface area contributed by atoms with Gasteiger partial charge < -0.3 is 14.9 Å². The molecule has 2 N–H and O–H groups in total. The van der Waals surface area contributed by atoms with E-state index in [1.807, 2.05) is 18.7 Å². The molecule has 0 unspecified atom stereocenters. The summed E-state index contributed by atoms with van der Waals surface area (Å²) >= 11 is 0. The van der Waals surface area contributed by atoms with E-state index in [0.29, 0.717) is 24.7 Å². The van der Waals surface area contributed by atoms with Crippen LogP contribution in [0.3, 0.4) is 0 Å². The lowest BCUT2D eigenvalue weighted by atomic mass is 9.89. The number of piperidine rings is 1. The summed E-state index contributed by atoms with van der Waals surface area (Å²) in [5, 5.41) is 13.9. The number of imidazole rings is 1. The van der Waals surface area contributed by atoms with E-state index in [1.54, 1.807) is 0 Å². The Labute approximate surface area is 164 Å². The maximum Gasteiger partial charge on any atom is 0.139 e. The van der Waals surface area contributed by atoms with E-state index < -0.39 is 0 Å². The number of pyridine rings is 1. The summed E-state index contributed by atoms with van der Waals surface area (Å²) in [5.74, 6) is 0. The Balaban J connectivity index is 1.22. The lowest BCUT2D eigenvalue weighted by molar-refractivity contribution is 0.192. The van der Waals surface area contributed by atoms with Crippen molar-refractivity contribution in [3.8, 4) is 6.07 Å². The zero-order valence-electron chi connectivity index (χ0n) is 16.1.